The molecule has 2 aromatic rings. The molecule has 0 amide bonds. The summed E-state index contributed by atoms with van der Waals surface area (Å²) in [4.78, 5) is 9.71. The molecule has 0 bridgehead atoms. The van der Waals surface area contributed by atoms with Crippen LogP contribution in [0.3, 0.4) is 0 Å². The number of nitrogens with zero attached hydrogens (tertiary/aromatic N) is 1. The molecule has 2 aromatic carbocycles. The Morgan fingerprint density at radius 2 is 2.05 bits per heavy atom. The van der Waals surface area contributed by atoms with Gasteiger partial charge in [-0.15, -0.1) is 0 Å². The standard InChI is InChI=1S/C14H12FNO3/c1-10-3-2-4-11(7-10)9-19-12-5-6-14(16(17)18)13(15)8-12/h2-8H,9H2,1H3. The van der Waals surface area contributed by atoms with E-state index in [9.17, 15) is 14.5 Å². The Balaban J connectivity index is 2.08. The summed E-state index contributed by atoms with van der Waals surface area (Å²) in [5, 5.41) is 10.5. The van der Waals surface area contributed by atoms with Crippen molar-refractivity contribution in [3.63, 3.8) is 0 Å². The van der Waals surface area contributed by atoms with Crippen molar-refractivity contribution in [3.05, 3.63) is 69.5 Å². The van der Waals surface area contributed by atoms with E-state index in [-0.39, 0.29) is 5.75 Å². The molecule has 5 heteroatoms. The third-order valence-electron chi connectivity index (χ3n) is 2.60. The van der Waals surface area contributed by atoms with Crippen molar-refractivity contribution in [1.82, 2.24) is 0 Å². The van der Waals surface area contributed by atoms with Crippen LogP contribution in [0.4, 0.5) is 10.1 Å². The molecule has 0 saturated carbocycles. The van der Waals surface area contributed by atoms with E-state index in [4.69, 9.17) is 4.74 Å². The molecular formula is C14H12FNO3. The van der Waals surface area contributed by atoms with Crippen LogP contribution in [-0.4, -0.2) is 4.92 Å². The van der Waals surface area contributed by atoms with Crippen LogP contribution < -0.4 is 4.74 Å². The number of rotatable bonds is 4. The first-order valence-corrected chi connectivity index (χ1v) is 5.68. The Bertz CT molecular complexity index is 613. The van der Waals surface area contributed by atoms with Crippen LogP contribution in [0.15, 0.2) is 42.5 Å². The number of hydrogen-bond acceptors (Lipinski definition) is 3. The smallest absolute Gasteiger partial charge is 0.305 e. The predicted octanol–water partition coefficient (Wildman–Crippen LogP) is 3.62. The van der Waals surface area contributed by atoms with Crippen LogP contribution >= 0.6 is 0 Å². The highest BCUT2D eigenvalue weighted by atomic mass is 19.1. The number of nitro benzene ring substituents is 1. The topological polar surface area (TPSA) is 52.4 Å². The second kappa shape index (κ2) is 5.48. The molecule has 0 saturated heterocycles. The Morgan fingerprint density at radius 1 is 1.26 bits per heavy atom. The number of halogens is 1. The third kappa shape index (κ3) is 3.28. The Kier molecular flexibility index (Phi) is 3.75. The Morgan fingerprint density at radius 3 is 2.68 bits per heavy atom. The summed E-state index contributed by atoms with van der Waals surface area (Å²) in [6.45, 7) is 2.26. The van der Waals surface area contributed by atoms with E-state index < -0.39 is 16.4 Å². The molecule has 0 radical (unpaired) electrons. The normalized spacial score (nSPS) is 10.2. The van der Waals surface area contributed by atoms with E-state index in [1.54, 1.807) is 0 Å². The minimum Gasteiger partial charge on any atom is -0.489 e. The summed E-state index contributed by atoms with van der Waals surface area (Å²) in [6, 6.07) is 11.2. The Labute approximate surface area is 109 Å². The molecular weight excluding hydrogens is 249 g/mol. The number of benzene rings is 2. The van der Waals surface area contributed by atoms with Crippen molar-refractivity contribution in [2.24, 2.45) is 0 Å². The molecule has 0 fully saturated rings. The summed E-state index contributed by atoms with van der Waals surface area (Å²) < 4.78 is 18.8. The van der Waals surface area contributed by atoms with Gasteiger partial charge >= 0.3 is 5.69 Å². The van der Waals surface area contributed by atoms with Gasteiger partial charge in [0.1, 0.15) is 12.4 Å². The second-order valence-corrected chi connectivity index (χ2v) is 4.15. The maximum Gasteiger partial charge on any atom is 0.305 e. The molecule has 0 aliphatic carbocycles. The summed E-state index contributed by atoms with van der Waals surface area (Å²) in [6.07, 6.45) is 0. The van der Waals surface area contributed by atoms with E-state index in [2.05, 4.69) is 0 Å². The molecule has 0 spiro atoms. The molecule has 0 aliphatic heterocycles. The molecule has 0 aromatic heterocycles. The SMILES string of the molecule is Cc1cccc(COc2ccc([N+](=O)[O-])c(F)c2)c1. The van der Waals surface area contributed by atoms with Gasteiger partial charge < -0.3 is 4.74 Å². The van der Waals surface area contributed by atoms with Crippen molar-refractivity contribution < 1.29 is 14.1 Å². The molecule has 2 rings (SSSR count). The Hall–Kier alpha value is -2.43. The summed E-state index contributed by atoms with van der Waals surface area (Å²) in [7, 11) is 0. The molecule has 0 unspecified atom stereocenters. The van der Waals surface area contributed by atoms with Gasteiger partial charge in [0.25, 0.3) is 0 Å². The van der Waals surface area contributed by atoms with Gasteiger partial charge in [-0.2, -0.15) is 4.39 Å². The lowest BCUT2D eigenvalue weighted by Crippen LogP contribution is -1.97. The summed E-state index contributed by atoms with van der Waals surface area (Å²) in [5.41, 5.74) is 1.51. The molecule has 19 heavy (non-hydrogen) atoms. The molecule has 98 valence electrons. The number of nitro groups is 1. The number of hydrogen-bond donors (Lipinski definition) is 0. The number of ether oxygens (including phenoxy) is 1. The number of aryl methyl sites for hydroxylation is 1. The van der Waals surface area contributed by atoms with Crippen molar-refractivity contribution in [3.8, 4) is 5.75 Å². The molecule has 0 N–H and O–H groups in total. The fraction of sp³-hybridized carbons (Fsp3) is 0.143. The maximum atomic E-state index is 13.4. The highest BCUT2D eigenvalue weighted by Gasteiger charge is 2.14. The van der Waals surface area contributed by atoms with E-state index in [0.29, 0.717) is 6.61 Å². The van der Waals surface area contributed by atoms with Crippen LogP contribution in [0.5, 0.6) is 5.75 Å². The van der Waals surface area contributed by atoms with Crippen molar-refractivity contribution in [2.45, 2.75) is 13.5 Å². The van der Waals surface area contributed by atoms with Crippen LogP contribution in [-0.2, 0) is 6.61 Å². The first-order valence-electron chi connectivity index (χ1n) is 5.68. The highest BCUT2D eigenvalue weighted by molar-refractivity contribution is 5.38. The first-order chi connectivity index (χ1) is 9.06. The fourth-order valence-electron chi connectivity index (χ4n) is 1.69. The van der Waals surface area contributed by atoms with E-state index in [1.165, 1.54) is 6.07 Å². The van der Waals surface area contributed by atoms with Gasteiger partial charge in [0.05, 0.1) is 4.92 Å². The summed E-state index contributed by atoms with van der Waals surface area (Å²) >= 11 is 0. The minimum absolute atomic E-state index is 0.268. The molecule has 0 heterocycles. The van der Waals surface area contributed by atoms with E-state index in [0.717, 1.165) is 23.3 Å². The van der Waals surface area contributed by atoms with Crippen LogP contribution in [0.1, 0.15) is 11.1 Å². The van der Waals surface area contributed by atoms with Crippen LogP contribution in [0.2, 0.25) is 0 Å². The van der Waals surface area contributed by atoms with Gasteiger partial charge in [-0.05, 0) is 18.6 Å². The molecule has 4 nitrogen and oxygen atoms in total. The predicted molar refractivity (Wildman–Crippen MR) is 68.6 cm³/mol. The lowest BCUT2D eigenvalue weighted by Gasteiger charge is -2.07. The zero-order valence-electron chi connectivity index (χ0n) is 10.3. The van der Waals surface area contributed by atoms with Gasteiger partial charge in [-0.1, -0.05) is 29.8 Å². The fourth-order valence-corrected chi connectivity index (χ4v) is 1.69. The molecule has 0 aliphatic rings. The lowest BCUT2D eigenvalue weighted by atomic mass is 10.1. The van der Waals surface area contributed by atoms with Gasteiger partial charge in [0, 0.05) is 12.1 Å². The lowest BCUT2D eigenvalue weighted by molar-refractivity contribution is -0.387. The van der Waals surface area contributed by atoms with E-state index in [1.807, 2.05) is 31.2 Å². The zero-order valence-corrected chi connectivity index (χ0v) is 10.3. The van der Waals surface area contributed by atoms with Crippen LogP contribution in [0, 0.1) is 22.9 Å². The van der Waals surface area contributed by atoms with Gasteiger partial charge in [0.15, 0.2) is 0 Å². The second-order valence-electron chi connectivity index (χ2n) is 4.15. The first kappa shape index (κ1) is 13.0. The van der Waals surface area contributed by atoms with Crippen molar-refractivity contribution in [1.29, 1.82) is 0 Å². The maximum absolute atomic E-state index is 13.4. The third-order valence-corrected chi connectivity index (χ3v) is 2.60. The van der Waals surface area contributed by atoms with Gasteiger partial charge in [0.2, 0.25) is 5.82 Å². The monoisotopic (exact) mass is 261 g/mol. The average molecular weight is 261 g/mol. The largest absolute Gasteiger partial charge is 0.489 e. The van der Waals surface area contributed by atoms with E-state index >= 15 is 0 Å². The van der Waals surface area contributed by atoms with Gasteiger partial charge in [-0.25, -0.2) is 0 Å². The van der Waals surface area contributed by atoms with Gasteiger partial charge in [-0.3, -0.25) is 10.1 Å². The minimum atomic E-state index is -0.897. The quantitative estimate of drug-likeness (QED) is 0.624. The zero-order chi connectivity index (χ0) is 13.8. The molecule has 0 atom stereocenters. The van der Waals surface area contributed by atoms with Crippen molar-refractivity contribution >= 4 is 5.69 Å². The highest BCUT2D eigenvalue weighted by Crippen LogP contribution is 2.23. The van der Waals surface area contributed by atoms with Crippen molar-refractivity contribution in [2.75, 3.05) is 0 Å². The summed E-state index contributed by atoms with van der Waals surface area (Å²) in [5.74, 6) is -0.628. The van der Waals surface area contributed by atoms with Crippen LogP contribution in [0.25, 0.3) is 0 Å². The average Bonchev–Trinajstić information content (AvgIpc) is 2.36.